The highest BCUT2D eigenvalue weighted by molar-refractivity contribution is 5.53. The van der Waals surface area contributed by atoms with Gasteiger partial charge in [0.05, 0.1) is 0 Å². The molecule has 4 nitrogen and oxygen atoms in total. The fraction of sp³-hybridized carbons (Fsp3) is 0.650. The summed E-state index contributed by atoms with van der Waals surface area (Å²) in [6, 6.07) is 8.48. The summed E-state index contributed by atoms with van der Waals surface area (Å²) in [6.07, 6.45) is 6.36. The molecule has 0 aliphatic carbocycles. The molecular weight excluding hydrogens is 300 g/mol. The third-order valence-corrected chi connectivity index (χ3v) is 5.55. The second-order valence-electron chi connectivity index (χ2n) is 7.26. The molecule has 2 atom stereocenters. The normalized spacial score (nSPS) is 23.3. The van der Waals surface area contributed by atoms with Crippen molar-refractivity contribution in [3.8, 4) is 5.75 Å². The summed E-state index contributed by atoms with van der Waals surface area (Å²) in [4.78, 5) is 11.4. The van der Waals surface area contributed by atoms with Gasteiger partial charge in [0, 0.05) is 12.5 Å². The Labute approximate surface area is 145 Å². The third kappa shape index (κ3) is 3.98. The summed E-state index contributed by atoms with van der Waals surface area (Å²) in [6.45, 7) is 5.86. The van der Waals surface area contributed by atoms with E-state index in [0.29, 0.717) is 5.92 Å². The summed E-state index contributed by atoms with van der Waals surface area (Å²) in [5.74, 6) is 1.67. The third-order valence-electron chi connectivity index (χ3n) is 5.55. The number of nitrogens with one attached hydrogen (secondary N) is 2. The Bertz CT molecular complexity index is 540. The lowest BCUT2D eigenvalue weighted by molar-refractivity contribution is -0.111. The predicted molar refractivity (Wildman–Crippen MR) is 96.6 cm³/mol. The Morgan fingerprint density at radius 2 is 2.17 bits per heavy atom. The molecule has 4 heteroatoms. The number of piperidine rings is 1. The molecule has 2 aliphatic rings. The van der Waals surface area contributed by atoms with Crippen molar-refractivity contribution in [1.82, 2.24) is 10.6 Å². The number of rotatable bonds is 7. The Hall–Kier alpha value is -1.39. The lowest BCUT2D eigenvalue weighted by Crippen LogP contribution is -2.49. The summed E-state index contributed by atoms with van der Waals surface area (Å²) < 4.78 is 6.47. The summed E-state index contributed by atoms with van der Waals surface area (Å²) >= 11 is 0. The number of aldehydes is 1. The topological polar surface area (TPSA) is 50.4 Å². The number of fused-ring (bicyclic) bond motifs is 1. The molecule has 0 radical (unpaired) electrons. The van der Waals surface area contributed by atoms with Gasteiger partial charge in [0.25, 0.3) is 0 Å². The van der Waals surface area contributed by atoms with Gasteiger partial charge in [-0.2, -0.15) is 0 Å². The van der Waals surface area contributed by atoms with Gasteiger partial charge in [-0.05, 0) is 69.3 Å². The minimum Gasteiger partial charge on any atom is -0.487 e. The van der Waals surface area contributed by atoms with E-state index >= 15 is 0 Å². The van der Waals surface area contributed by atoms with E-state index in [0.717, 1.165) is 70.3 Å². The van der Waals surface area contributed by atoms with E-state index in [1.807, 2.05) is 0 Å². The van der Waals surface area contributed by atoms with E-state index in [-0.39, 0.29) is 11.5 Å². The van der Waals surface area contributed by atoms with Gasteiger partial charge in [-0.1, -0.05) is 25.1 Å². The molecule has 1 aromatic rings. The van der Waals surface area contributed by atoms with Crippen LogP contribution in [0.1, 0.15) is 50.5 Å². The maximum atomic E-state index is 11.4. The average Bonchev–Trinajstić information content (AvgIpc) is 2.62. The first kappa shape index (κ1) is 17.4. The molecule has 3 rings (SSSR count). The van der Waals surface area contributed by atoms with Crippen molar-refractivity contribution in [3.63, 3.8) is 0 Å². The van der Waals surface area contributed by atoms with Gasteiger partial charge >= 0.3 is 0 Å². The highest BCUT2D eigenvalue weighted by Gasteiger charge is 2.41. The van der Waals surface area contributed by atoms with Gasteiger partial charge in [0.1, 0.15) is 17.6 Å². The van der Waals surface area contributed by atoms with Crippen LogP contribution < -0.4 is 15.4 Å². The molecule has 0 amide bonds. The van der Waals surface area contributed by atoms with E-state index in [4.69, 9.17) is 4.74 Å². The minimum absolute atomic E-state index is 0.0113. The van der Waals surface area contributed by atoms with Crippen LogP contribution in [0.5, 0.6) is 5.75 Å². The average molecular weight is 330 g/mol. The summed E-state index contributed by atoms with van der Waals surface area (Å²) in [5.41, 5.74) is 1.32. The Morgan fingerprint density at radius 3 is 2.92 bits per heavy atom. The fourth-order valence-corrected chi connectivity index (χ4v) is 4.15. The van der Waals surface area contributed by atoms with Gasteiger partial charge in [0.2, 0.25) is 0 Å². The summed E-state index contributed by atoms with van der Waals surface area (Å²) in [7, 11) is 0. The molecule has 2 unspecified atom stereocenters. The Morgan fingerprint density at radius 1 is 1.38 bits per heavy atom. The van der Waals surface area contributed by atoms with Crippen molar-refractivity contribution in [1.29, 1.82) is 0 Å². The maximum absolute atomic E-state index is 11.4. The second kappa shape index (κ2) is 8.13. The van der Waals surface area contributed by atoms with Crippen molar-refractivity contribution in [2.24, 2.45) is 5.92 Å². The largest absolute Gasteiger partial charge is 0.487 e. The molecule has 24 heavy (non-hydrogen) atoms. The van der Waals surface area contributed by atoms with E-state index in [9.17, 15) is 4.79 Å². The highest BCUT2D eigenvalue weighted by atomic mass is 16.5. The standard InChI is InChI=1S/C20H30N2O2/c1-2-21-14-16(15-23)7-8-17-13-20(9-11-22-12-10-20)24-19-6-4-3-5-18(17)19/h3-6,15-17,21-22H,2,7-14H2,1H3. The van der Waals surface area contributed by atoms with Gasteiger partial charge in [-0.3, -0.25) is 0 Å². The molecular formula is C20H30N2O2. The number of hydrogen-bond donors (Lipinski definition) is 2. The molecule has 0 bridgehead atoms. The number of ether oxygens (including phenoxy) is 1. The van der Waals surface area contributed by atoms with Crippen LogP contribution in [0.3, 0.4) is 0 Å². The first-order valence-corrected chi connectivity index (χ1v) is 9.41. The minimum atomic E-state index is -0.0113. The summed E-state index contributed by atoms with van der Waals surface area (Å²) in [5, 5.41) is 6.74. The zero-order valence-corrected chi connectivity index (χ0v) is 14.7. The lowest BCUT2D eigenvalue weighted by atomic mass is 9.75. The maximum Gasteiger partial charge on any atom is 0.124 e. The smallest absolute Gasteiger partial charge is 0.124 e. The zero-order chi connectivity index (χ0) is 16.8. The monoisotopic (exact) mass is 330 g/mol. The molecule has 0 saturated carbocycles. The van der Waals surface area contributed by atoms with Gasteiger partial charge in [0.15, 0.2) is 0 Å². The lowest BCUT2D eigenvalue weighted by Gasteiger charge is -2.45. The van der Waals surface area contributed by atoms with Crippen molar-refractivity contribution in [3.05, 3.63) is 29.8 Å². The molecule has 2 N–H and O–H groups in total. The van der Waals surface area contributed by atoms with Crippen molar-refractivity contribution >= 4 is 6.29 Å². The molecule has 1 saturated heterocycles. The van der Waals surface area contributed by atoms with Crippen LogP contribution in [0.2, 0.25) is 0 Å². The number of hydrogen-bond acceptors (Lipinski definition) is 4. The quantitative estimate of drug-likeness (QED) is 0.755. The van der Waals surface area contributed by atoms with Crippen molar-refractivity contribution < 1.29 is 9.53 Å². The molecule has 2 heterocycles. The van der Waals surface area contributed by atoms with Crippen LogP contribution in [0, 0.1) is 5.92 Å². The van der Waals surface area contributed by atoms with E-state index < -0.39 is 0 Å². The van der Waals surface area contributed by atoms with Crippen LogP contribution in [0.15, 0.2) is 24.3 Å². The Balaban J connectivity index is 1.71. The van der Waals surface area contributed by atoms with Gasteiger partial charge in [-0.25, -0.2) is 0 Å². The van der Waals surface area contributed by atoms with Gasteiger partial charge in [-0.15, -0.1) is 0 Å². The fourth-order valence-electron chi connectivity index (χ4n) is 4.15. The van der Waals surface area contributed by atoms with E-state index in [1.165, 1.54) is 5.56 Å². The van der Waals surface area contributed by atoms with Crippen LogP contribution >= 0.6 is 0 Å². The second-order valence-corrected chi connectivity index (χ2v) is 7.26. The molecule has 1 fully saturated rings. The van der Waals surface area contributed by atoms with E-state index in [2.05, 4.69) is 41.8 Å². The SMILES string of the molecule is CCNCC(C=O)CCC1CC2(CCNCC2)Oc2ccccc21. The molecule has 1 spiro atoms. The molecule has 1 aromatic carbocycles. The van der Waals surface area contributed by atoms with Crippen LogP contribution in [0.25, 0.3) is 0 Å². The number of carbonyl (C=O) groups is 1. The van der Waals surface area contributed by atoms with Gasteiger partial charge < -0.3 is 20.2 Å². The van der Waals surface area contributed by atoms with Crippen LogP contribution in [-0.4, -0.2) is 38.1 Å². The van der Waals surface area contributed by atoms with Crippen molar-refractivity contribution in [2.45, 2.75) is 50.5 Å². The van der Waals surface area contributed by atoms with Crippen LogP contribution in [0.4, 0.5) is 0 Å². The van der Waals surface area contributed by atoms with Crippen LogP contribution in [-0.2, 0) is 4.79 Å². The van der Waals surface area contributed by atoms with E-state index in [1.54, 1.807) is 0 Å². The zero-order valence-electron chi connectivity index (χ0n) is 14.7. The van der Waals surface area contributed by atoms with Crippen molar-refractivity contribution in [2.75, 3.05) is 26.2 Å². The highest BCUT2D eigenvalue weighted by Crippen LogP contribution is 2.46. The number of benzene rings is 1. The first-order chi connectivity index (χ1) is 11.8. The first-order valence-electron chi connectivity index (χ1n) is 9.41. The number of carbonyl (C=O) groups excluding carboxylic acids is 1. The molecule has 2 aliphatic heterocycles. The Kier molecular flexibility index (Phi) is 5.90. The molecule has 0 aromatic heterocycles. The number of para-hydroxylation sites is 1. The predicted octanol–water partition coefficient (Wildman–Crippen LogP) is 2.88. The molecule has 132 valence electrons.